The van der Waals surface area contributed by atoms with Crippen LogP contribution in [0.1, 0.15) is 56.0 Å². The Kier molecular flexibility index (Phi) is 12.4. The normalized spacial score (nSPS) is 16.4. The highest BCUT2D eigenvalue weighted by Gasteiger charge is 2.28. The van der Waals surface area contributed by atoms with Gasteiger partial charge >= 0.3 is 5.97 Å². The first kappa shape index (κ1) is 26.2. The number of hydrogen-bond donors (Lipinski definition) is 2. The van der Waals surface area contributed by atoms with E-state index in [2.05, 4.69) is 15.5 Å². The number of piperidine rings is 1. The van der Waals surface area contributed by atoms with Crippen molar-refractivity contribution in [2.24, 2.45) is 10.9 Å². The van der Waals surface area contributed by atoms with Gasteiger partial charge in [0.2, 0.25) is 0 Å². The summed E-state index contributed by atoms with van der Waals surface area (Å²) in [7, 11) is 0. The zero-order chi connectivity index (χ0) is 21.1. The molecule has 1 aromatic rings. The molecular weight excluding hydrogens is 495 g/mol. The average molecular weight is 530 g/mol. The zero-order valence-electron chi connectivity index (χ0n) is 18.3. The van der Waals surface area contributed by atoms with E-state index in [9.17, 15) is 9.59 Å². The van der Waals surface area contributed by atoms with Gasteiger partial charge in [0.25, 0.3) is 5.91 Å². The van der Waals surface area contributed by atoms with Gasteiger partial charge in [0.1, 0.15) is 0 Å². The third-order valence-electron chi connectivity index (χ3n) is 4.81. The number of rotatable bonds is 8. The molecule has 1 aliphatic heterocycles. The lowest BCUT2D eigenvalue weighted by Crippen LogP contribution is -2.48. The van der Waals surface area contributed by atoms with Crippen molar-refractivity contribution < 1.29 is 14.3 Å². The summed E-state index contributed by atoms with van der Waals surface area (Å²) in [5.74, 6) is 0.497. The van der Waals surface area contributed by atoms with Gasteiger partial charge in [-0.15, -0.1) is 24.0 Å². The number of nitrogens with one attached hydrogen (secondary N) is 2. The number of hydrogen-bond acceptors (Lipinski definition) is 4. The molecule has 1 saturated heterocycles. The van der Waals surface area contributed by atoms with Gasteiger partial charge in [-0.25, -0.2) is 4.99 Å². The predicted octanol–water partition coefficient (Wildman–Crippen LogP) is 3.19. The number of guanidine groups is 1. The monoisotopic (exact) mass is 530 g/mol. The molecule has 1 amide bonds. The van der Waals surface area contributed by atoms with Crippen molar-refractivity contribution >= 4 is 41.8 Å². The van der Waals surface area contributed by atoms with Crippen molar-refractivity contribution in [1.82, 2.24) is 15.5 Å². The molecule has 1 heterocycles. The Labute approximate surface area is 197 Å². The Bertz CT molecular complexity index is 711. The summed E-state index contributed by atoms with van der Waals surface area (Å²) >= 11 is 0. The van der Waals surface area contributed by atoms with Gasteiger partial charge < -0.3 is 20.3 Å². The second kappa shape index (κ2) is 14.2. The van der Waals surface area contributed by atoms with Crippen molar-refractivity contribution in [1.29, 1.82) is 0 Å². The minimum atomic E-state index is -0.126. The molecular formula is C22H35IN4O3. The molecule has 30 heavy (non-hydrogen) atoms. The van der Waals surface area contributed by atoms with Gasteiger partial charge in [-0.2, -0.15) is 0 Å². The van der Waals surface area contributed by atoms with Crippen LogP contribution in [0.2, 0.25) is 0 Å². The molecule has 1 fully saturated rings. The molecule has 1 aromatic carbocycles. The minimum Gasteiger partial charge on any atom is -0.466 e. The summed E-state index contributed by atoms with van der Waals surface area (Å²) in [6, 6.07) is 7.56. The maximum absolute atomic E-state index is 12.2. The van der Waals surface area contributed by atoms with Gasteiger partial charge in [0.05, 0.1) is 19.1 Å². The highest BCUT2D eigenvalue weighted by molar-refractivity contribution is 14.0. The van der Waals surface area contributed by atoms with Crippen LogP contribution >= 0.6 is 24.0 Å². The molecule has 168 valence electrons. The van der Waals surface area contributed by atoms with E-state index in [4.69, 9.17) is 9.73 Å². The molecule has 0 radical (unpaired) electrons. The Morgan fingerprint density at radius 2 is 2.03 bits per heavy atom. The molecule has 2 N–H and O–H groups in total. The summed E-state index contributed by atoms with van der Waals surface area (Å²) in [6.45, 7) is 9.67. The maximum atomic E-state index is 12.2. The van der Waals surface area contributed by atoms with Crippen molar-refractivity contribution in [3.63, 3.8) is 0 Å². The molecule has 0 spiro atoms. The Balaban J connectivity index is 0.00000450. The SMILES string of the molecule is CCCNC(=O)c1cccc(CN=C(NCC)N2CCCC(C(=O)OCC)C2)c1.I. The maximum Gasteiger partial charge on any atom is 0.310 e. The number of esters is 1. The molecule has 7 nitrogen and oxygen atoms in total. The van der Waals surface area contributed by atoms with Crippen molar-refractivity contribution in [2.75, 3.05) is 32.8 Å². The van der Waals surface area contributed by atoms with Gasteiger partial charge in [0, 0.05) is 31.7 Å². The summed E-state index contributed by atoms with van der Waals surface area (Å²) < 4.78 is 5.20. The van der Waals surface area contributed by atoms with Gasteiger partial charge in [-0.05, 0) is 50.8 Å². The van der Waals surface area contributed by atoms with Crippen LogP contribution in [0.3, 0.4) is 0 Å². The predicted molar refractivity (Wildman–Crippen MR) is 130 cm³/mol. The van der Waals surface area contributed by atoms with E-state index in [1.54, 1.807) is 0 Å². The van der Waals surface area contributed by atoms with E-state index in [0.29, 0.717) is 31.8 Å². The molecule has 8 heteroatoms. The van der Waals surface area contributed by atoms with Crippen LogP contribution in [0.4, 0.5) is 0 Å². The van der Waals surface area contributed by atoms with Crippen LogP contribution in [0.5, 0.6) is 0 Å². The number of benzene rings is 1. The number of amides is 1. The fraction of sp³-hybridized carbons (Fsp3) is 0.591. The van der Waals surface area contributed by atoms with Crippen molar-refractivity contribution in [3.8, 4) is 0 Å². The fourth-order valence-corrected chi connectivity index (χ4v) is 3.37. The van der Waals surface area contributed by atoms with E-state index >= 15 is 0 Å². The number of ether oxygens (including phenoxy) is 1. The van der Waals surface area contributed by atoms with E-state index in [0.717, 1.165) is 43.9 Å². The lowest BCUT2D eigenvalue weighted by atomic mass is 9.98. The molecule has 1 atom stereocenters. The lowest BCUT2D eigenvalue weighted by molar-refractivity contribution is -0.149. The second-order valence-corrected chi connectivity index (χ2v) is 7.16. The molecule has 1 aliphatic rings. The molecule has 1 unspecified atom stereocenters. The number of nitrogens with zero attached hydrogens (tertiary/aromatic N) is 2. The summed E-state index contributed by atoms with van der Waals surface area (Å²) in [4.78, 5) is 31.2. The van der Waals surface area contributed by atoms with E-state index in [1.165, 1.54) is 0 Å². The third-order valence-corrected chi connectivity index (χ3v) is 4.81. The standard InChI is InChI=1S/C22H34N4O3.HI/c1-4-12-24-20(27)18-10-7-9-17(14-18)15-25-22(23-5-2)26-13-8-11-19(16-26)21(28)29-6-3;/h7,9-10,14,19H,4-6,8,11-13,15-16H2,1-3H3,(H,23,25)(H,24,27);1H. The first-order valence-electron chi connectivity index (χ1n) is 10.7. The molecule has 0 aliphatic carbocycles. The zero-order valence-corrected chi connectivity index (χ0v) is 20.6. The number of carbonyl (C=O) groups excluding carboxylic acids is 2. The van der Waals surface area contributed by atoms with E-state index in [1.807, 2.05) is 45.0 Å². The largest absolute Gasteiger partial charge is 0.466 e. The van der Waals surface area contributed by atoms with Crippen LogP contribution in [-0.4, -0.2) is 55.5 Å². The Morgan fingerprint density at radius 3 is 2.73 bits per heavy atom. The minimum absolute atomic E-state index is 0. The first-order valence-corrected chi connectivity index (χ1v) is 10.7. The van der Waals surface area contributed by atoms with Gasteiger partial charge in [0.15, 0.2) is 5.96 Å². The van der Waals surface area contributed by atoms with E-state index < -0.39 is 0 Å². The molecule has 0 aromatic heterocycles. The van der Waals surface area contributed by atoms with Crippen LogP contribution in [0.25, 0.3) is 0 Å². The molecule has 0 bridgehead atoms. The third kappa shape index (κ3) is 8.12. The highest BCUT2D eigenvalue weighted by atomic mass is 127. The van der Waals surface area contributed by atoms with Crippen LogP contribution in [0.15, 0.2) is 29.3 Å². The number of aliphatic imine (C=N–C) groups is 1. The summed E-state index contributed by atoms with van der Waals surface area (Å²) in [5.41, 5.74) is 1.63. The second-order valence-electron chi connectivity index (χ2n) is 7.16. The van der Waals surface area contributed by atoms with Crippen LogP contribution in [0, 0.1) is 5.92 Å². The van der Waals surface area contributed by atoms with Crippen LogP contribution < -0.4 is 10.6 Å². The topological polar surface area (TPSA) is 83.0 Å². The highest BCUT2D eigenvalue weighted by Crippen LogP contribution is 2.18. The van der Waals surface area contributed by atoms with Crippen molar-refractivity contribution in [2.45, 2.75) is 46.6 Å². The van der Waals surface area contributed by atoms with Crippen LogP contribution in [-0.2, 0) is 16.1 Å². The van der Waals surface area contributed by atoms with Gasteiger partial charge in [-0.1, -0.05) is 19.1 Å². The first-order chi connectivity index (χ1) is 14.1. The number of halogens is 1. The Morgan fingerprint density at radius 1 is 1.23 bits per heavy atom. The fourth-order valence-electron chi connectivity index (χ4n) is 3.37. The number of carbonyl (C=O) groups is 2. The Hall–Kier alpha value is -1.84. The molecule has 2 rings (SSSR count). The summed E-state index contributed by atoms with van der Waals surface area (Å²) in [6.07, 6.45) is 2.69. The lowest BCUT2D eigenvalue weighted by Gasteiger charge is -2.34. The van der Waals surface area contributed by atoms with Crippen molar-refractivity contribution in [3.05, 3.63) is 35.4 Å². The quantitative estimate of drug-likeness (QED) is 0.234. The van der Waals surface area contributed by atoms with E-state index in [-0.39, 0.29) is 41.8 Å². The average Bonchev–Trinajstić information content (AvgIpc) is 2.75. The summed E-state index contributed by atoms with van der Waals surface area (Å²) in [5, 5.41) is 6.22. The smallest absolute Gasteiger partial charge is 0.310 e. The van der Waals surface area contributed by atoms with Gasteiger partial charge in [-0.3, -0.25) is 9.59 Å². The molecule has 0 saturated carbocycles. The number of likely N-dealkylation sites (tertiary alicyclic amines) is 1.